The Morgan fingerprint density at radius 1 is 1.44 bits per heavy atom. The maximum Gasteiger partial charge on any atom is 0.233 e. The van der Waals surface area contributed by atoms with Crippen LogP contribution in [0.2, 0.25) is 5.02 Å². The molecule has 0 aliphatic heterocycles. The van der Waals surface area contributed by atoms with E-state index < -0.39 is 9.75 Å². The Bertz CT molecular complexity index is 509. The summed E-state index contributed by atoms with van der Waals surface area (Å²) in [6.07, 6.45) is 0.447. The SMILES string of the molecule is Cc1cc(Br)cc(Cl)c1NC(=O)C1(C)CC1(Cl)Cl. The van der Waals surface area contributed by atoms with Crippen molar-refractivity contribution in [2.75, 3.05) is 5.32 Å². The first-order valence-corrected chi connectivity index (χ1v) is 7.25. The summed E-state index contributed by atoms with van der Waals surface area (Å²) < 4.78 is -0.114. The van der Waals surface area contributed by atoms with Gasteiger partial charge in [-0.3, -0.25) is 4.79 Å². The molecule has 0 saturated heterocycles. The van der Waals surface area contributed by atoms with Gasteiger partial charge >= 0.3 is 0 Å². The number of hydrogen-bond donors (Lipinski definition) is 1. The smallest absolute Gasteiger partial charge is 0.233 e. The Balaban J connectivity index is 2.24. The third-order valence-electron chi connectivity index (χ3n) is 3.25. The van der Waals surface area contributed by atoms with Crippen molar-refractivity contribution < 1.29 is 4.79 Å². The second-order valence-corrected chi connectivity index (χ2v) is 7.55. The minimum Gasteiger partial charge on any atom is -0.324 e. The quantitative estimate of drug-likeness (QED) is 0.734. The lowest BCUT2D eigenvalue weighted by Crippen LogP contribution is -2.26. The molecule has 2 nitrogen and oxygen atoms in total. The minimum absolute atomic E-state index is 0.208. The number of alkyl halides is 2. The lowest BCUT2D eigenvalue weighted by atomic mass is 10.1. The van der Waals surface area contributed by atoms with E-state index in [1.165, 1.54) is 0 Å². The summed E-state index contributed by atoms with van der Waals surface area (Å²) in [5.41, 5.74) is 0.725. The van der Waals surface area contributed by atoms with Gasteiger partial charge in [-0.25, -0.2) is 0 Å². The number of nitrogens with one attached hydrogen (secondary N) is 1. The van der Waals surface area contributed by atoms with Crippen LogP contribution in [0.25, 0.3) is 0 Å². The van der Waals surface area contributed by atoms with E-state index in [4.69, 9.17) is 34.8 Å². The number of rotatable bonds is 2. The van der Waals surface area contributed by atoms with Gasteiger partial charge in [-0.05, 0) is 38.0 Å². The molecule has 1 N–H and O–H groups in total. The summed E-state index contributed by atoms with van der Waals surface area (Å²) >= 11 is 21.4. The molecular weight excluding hydrogens is 360 g/mol. The zero-order chi connectivity index (χ0) is 13.7. The average Bonchev–Trinajstić information content (AvgIpc) is 2.73. The van der Waals surface area contributed by atoms with Crippen LogP contribution in [-0.4, -0.2) is 10.2 Å². The van der Waals surface area contributed by atoms with Crippen molar-refractivity contribution in [1.29, 1.82) is 0 Å². The molecule has 0 heterocycles. The van der Waals surface area contributed by atoms with Crippen LogP contribution in [0.5, 0.6) is 0 Å². The van der Waals surface area contributed by atoms with Crippen molar-refractivity contribution in [1.82, 2.24) is 0 Å². The molecule has 98 valence electrons. The van der Waals surface area contributed by atoms with E-state index in [2.05, 4.69) is 21.2 Å². The van der Waals surface area contributed by atoms with Gasteiger partial charge in [0.15, 0.2) is 0 Å². The molecule has 1 atom stereocenters. The molecule has 1 unspecified atom stereocenters. The number of aryl methyl sites for hydroxylation is 1. The monoisotopic (exact) mass is 369 g/mol. The molecule has 0 radical (unpaired) electrons. The highest BCUT2D eigenvalue weighted by Gasteiger charge is 2.67. The van der Waals surface area contributed by atoms with Crippen LogP contribution in [0.3, 0.4) is 0 Å². The van der Waals surface area contributed by atoms with Crippen LogP contribution in [0.4, 0.5) is 5.69 Å². The average molecular weight is 371 g/mol. The number of halogens is 4. The molecule has 0 aromatic heterocycles. The van der Waals surface area contributed by atoms with E-state index >= 15 is 0 Å². The molecule has 1 amide bonds. The molecule has 1 aromatic carbocycles. The molecular formula is C12H11BrCl3NO. The summed E-state index contributed by atoms with van der Waals surface area (Å²) in [5.74, 6) is -0.208. The lowest BCUT2D eigenvalue weighted by molar-refractivity contribution is -0.120. The zero-order valence-electron chi connectivity index (χ0n) is 9.78. The number of carbonyl (C=O) groups excluding carboxylic acids is 1. The minimum atomic E-state index is -0.979. The Morgan fingerprint density at radius 3 is 2.44 bits per heavy atom. The fraction of sp³-hybridized carbons (Fsp3) is 0.417. The van der Waals surface area contributed by atoms with Crippen molar-refractivity contribution in [3.05, 3.63) is 27.2 Å². The normalized spacial score (nSPS) is 24.8. The van der Waals surface area contributed by atoms with Gasteiger partial charge in [-0.1, -0.05) is 27.5 Å². The molecule has 0 spiro atoms. The predicted octanol–water partition coefficient (Wildman–Crippen LogP) is 4.93. The van der Waals surface area contributed by atoms with Crippen molar-refractivity contribution >= 4 is 62.3 Å². The third-order valence-corrected chi connectivity index (χ3v) is 5.11. The summed E-state index contributed by atoms with van der Waals surface area (Å²) in [5, 5.41) is 3.28. The third kappa shape index (κ3) is 2.38. The van der Waals surface area contributed by atoms with Crippen molar-refractivity contribution in [2.24, 2.45) is 5.41 Å². The first kappa shape index (κ1) is 14.4. The van der Waals surface area contributed by atoms with Gasteiger partial charge in [0.1, 0.15) is 4.33 Å². The molecule has 6 heteroatoms. The number of amides is 1. The highest BCUT2D eigenvalue weighted by Crippen LogP contribution is 2.64. The molecule has 1 saturated carbocycles. The van der Waals surface area contributed by atoms with Gasteiger partial charge < -0.3 is 5.32 Å². The Hall–Kier alpha value is 0.0400. The summed E-state index contributed by atoms with van der Waals surface area (Å²) in [6, 6.07) is 3.61. The first-order chi connectivity index (χ1) is 8.17. The Labute approximate surface area is 129 Å². The van der Waals surface area contributed by atoms with E-state index in [0.29, 0.717) is 17.1 Å². The highest BCUT2D eigenvalue weighted by molar-refractivity contribution is 9.10. The summed E-state index contributed by atoms with van der Waals surface area (Å²) in [6.45, 7) is 3.61. The standard InChI is InChI=1S/C12H11BrCl3NO/c1-6-3-7(13)4-8(14)9(6)17-10(18)11(2)5-12(11,15)16/h3-4H,5H2,1-2H3,(H,17,18). The van der Waals surface area contributed by atoms with Crippen molar-refractivity contribution in [2.45, 2.75) is 24.6 Å². The second kappa shape index (κ2) is 4.55. The fourth-order valence-corrected chi connectivity index (χ4v) is 3.48. The second-order valence-electron chi connectivity index (χ2n) is 4.75. The molecule has 1 fully saturated rings. The van der Waals surface area contributed by atoms with Crippen LogP contribution >= 0.6 is 50.7 Å². The highest BCUT2D eigenvalue weighted by atomic mass is 79.9. The van der Waals surface area contributed by atoms with E-state index in [1.807, 2.05) is 13.0 Å². The topological polar surface area (TPSA) is 29.1 Å². The van der Waals surface area contributed by atoms with E-state index in [0.717, 1.165) is 10.0 Å². The molecule has 18 heavy (non-hydrogen) atoms. The van der Waals surface area contributed by atoms with Crippen LogP contribution in [0, 0.1) is 12.3 Å². The van der Waals surface area contributed by atoms with E-state index in [9.17, 15) is 4.79 Å². The Kier molecular flexibility index (Phi) is 3.65. The number of carbonyl (C=O) groups is 1. The summed E-state index contributed by atoms with van der Waals surface area (Å²) in [4.78, 5) is 12.2. The molecule has 2 rings (SSSR count). The molecule has 1 aliphatic carbocycles. The van der Waals surface area contributed by atoms with Gasteiger partial charge in [0.2, 0.25) is 5.91 Å². The van der Waals surface area contributed by atoms with Crippen LogP contribution in [0.15, 0.2) is 16.6 Å². The van der Waals surface area contributed by atoms with Gasteiger partial charge in [0.05, 0.1) is 16.1 Å². The molecule has 1 aromatic rings. The number of benzene rings is 1. The van der Waals surface area contributed by atoms with Crippen LogP contribution < -0.4 is 5.32 Å². The van der Waals surface area contributed by atoms with Gasteiger partial charge in [-0.2, -0.15) is 0 Å². The predicted molar refractivity (Wildman–Crippen MR) is 79.7 cm³/mol. The van der Waals surface area contributed by atoms with Gasteiger partial charge in [0, 0.05) is 4.47 Å². The zero-order valence-corrected chi connectivity index (χ0v) is 13.6. The number of anilines is 1. The molecule has 1 aliphatic rings. The van der Waals surface area contributed by atoms with Crippen molar-refractivity contribution in [3.63, 3.8) is 0 Å². The number of hydrogen-bond acceptors (Lipinski definition) is 1. The van der Waals surface area contributed by atoms with Crippen LogP contribution in [-0.2, 0) is 4.79 Å². The maximum atomic E-state index is 12.2. The van der Waals surface area contributed by atoms with Gasteiger partial charge in [-0.15, -0.1) is 23.2 Å². The van der Waals surface area contributed by atoms with Crippen molar-refractivity contribution in [3.8, 4) is 0 Å². The first-order valence-electron chi connectivity index (χ1n) is 5.32. The summed E-state index contributed by atoms with van der Waals surface area (Å²) in [7, 11) is 0. The fourth-order valence-electron chi connectivity index (χ4n) is 1.76. The largest absolute Gasteiger partial charge is 0.324 e. The lowest BCUT2D eigenvalue weighted by Gasteiger charge is -2.15. The Morgan fingerprint density at radius 2 is 2.00 bits per heavy atom. The van der Waals surface area contributed by atoms with Gasteiger partial charge in [0.25, 0.3) is 0 Å². The maximum absolute atomic E-state index is 12.2. The van der Waals surface area contributed by atoms with E-state index in [1.54, 1.807) is 13.0 Å². The van der Waals surface area contributed by atoms with E-state index in [-0.39, 0.29) is 5.91 Å². The molecule has 0 bridgehead atoms. The van der Waals surface area contributed by atoms with Crippen LogP contribution in [0.1, 0.15) is 18.9 Å².